The summed E-state index contributed by atoms with van der Waals surface area (Å²) in [5, 5.41) is 2.85. The Labute approximate surface area is 128 Å². The summed E-state index contributed by atoms with van der Waals surface area (Å²) in [5.74, 6) is 0.651. The lowest BCUT2D eigenvalue weighted by atomic mass is 9.84. The van der Waals surface area contributed by atoms with E-state index in [1.165, 1.54) is 10.4 Å². The van der Waals surface area contributed by atoms with E-state index in [9.17, 15) is 0 Å². The molecule has 1 aliphatic carbocycles. The normalized spacial score (nSPS) is 18.6. The van der Waals surface area contributed by atoms with Crippen molar-refractivity contribution in [3.05, 3.63) is 71.2 Å². The van der Waals surface area contributed by atoms with Crippen LogP contribution in [0.2, 0.25) is 0 Å². The average Bonchev–Trinajstić information content (AvgIpc) is 2.53. The van der Waals surface area contributed by atoms with E-state index < -0.39 is 0 Å². The molecule has 0 N–H and O–H groups in total. The topological polar surface area (TPSA) is 0 Å². The Morgan fingerprint density at radius 3 is 2.76 bits per heavy atom. The lowest BCUT2D eigenvalue weighted by Gasteiger charge is -2.20. The number of hydrogen-bond donors (Lipinski definition) is 0. The molecule has 0 heteroatoms. The summed E-state index contributed by atoms with van der Waals surface area (Å²) < 4.78 is 0. The van der Waals surface area contributed by atoms with Crippen LogP contribution in [0.1, 0.15) is 39.5 Å². The van der Waals surface area contributed by atoms with Crippen molar-refractivity contribution in [1.29, 1.82) is 0 Å². The molecule has 21 heavy (non-hydrogen) atoms. The van der Waals surface area contributed by atoms with Crippen LogP contribution in [0.25, 0.3) is 11.6 Å². The highest BCUT2D eigenvalue weighted by atomic mass is 14.2. The Morgan fingerprint density at radius 2 is 1.95 bits per heavy atom. The molecule has 0 bridgehead atoms. The lowest BCUT2D eigenvalue weighted by Crippen LogP contribution is -2.32. The highest BCUT2D eigenvalue weighted by molar-refractivity contribution is 5.55. The van der Waals surface area contributed by atoms with Gasteiger partial charge in [-0.05, 0) is 49.0 Å². The van der Waals surface area contributed by atoms with E-state index in [1.54, 1.807) is 5.57 Å². The van der Waals surface area contributed by atoms with Crippen LogP contribution in [-0.2, 0) is 0 Å². The molecule has 0 radical (unpaired) electrons. The minimum absolute atomic E-state index is 0.651. The Morgan fingerprint density at radius 1 is 1.10 bits per heavy atom. The molecule has 0 spiro atoms. The van der Waals surface area contributed by atoms with Crippen LogP contribution in [0.4, 0.5) is 0 Å². The largest absolute Gasteiger partial charge is 0.0888 e. The summed E-state index contributed by atoms with van der Waals surface area (Å²) in [4.78, 5) is 0. The van der Waals surface area contributed by atoms with Crippen molar-refractivity contribution in [2.75, 3.05) is 0 Å². The van der Waals surface area contributed by atoms with Crippen molar-refractivity contribution in [3.63, 3.8) is 0 Å². The molecule has 1 aromatic rings. The molecule has 0 fully saturated rings. The Bertz CT molecular complexity index is 641. The van der Waals surface area contributed by atoms with Gasteiger partial charge < -0.3 is 0 Å². The summed E-state index contributed by atoms with van der Waals surface area (Å²) in [6.07, 6.45) is 20.2. The van der Waals surface area contributed by atoms with Crippen molar-refractivity contribution in [3.8, 4) is 0 Å². The quantitative estimate of drug-likeness (QED) is 0.530. The molecular formula is C21H26. The third-order valence-corrected chi connectivity index (χ3v) is 4.02. The maximum atomic E-state index is 2.40. The van der Waals surface area contributed by atoms with E-state index in [0.29, 0.717) is 5.92 Å². The van der Waals surface area contributed by atoms with E-state index in [0.717, 1.165) is 25.7 Å². The molecule has 1 atom stereocenters. The summed E-state index contributed by atoms with van der Waals surface area (Å²) in [5.41, 5.74) is 1.59. The van der Waals surface area contributed by atoms with Gasteiger partial charge in [-0.3, -0.25) is 0 Å². The first-order valence-electron chi connectivity index (χ1n) is 8.08. The average molecular weight is 278 g/mol. The molecular weight excluding hydrogens is 252 g/mol. The van der Waals surface area contributed by atoms with E-state index in [1.807, 2.05) is 0 Å². The van der Waals surface area contributed by atoms with Gasteiger partial charge in [0.15, 0.2) is 0 Å². The first-order chi connectivity index (χ1) is 10.4. The maximum absolute atomic E-state index is 2.40. The molecule has 2 rings (SSSR count). The highest BCUT2D eigenvalue weighted by Gasteiger charge is 2.15. The van der Waals surface area contributed by atoms with E-state index in [-0.39, 0.29) is 0 Å². The van der Waals surface area contributed by atoms with Gasteiger partial charge in [0.25, 0.3) is 0 Å². The van der Waals surface area contributed by atoms with Crippen LogP contribution in [-0.4, -0.2) is 0 Å². The van der Waals surface area contributed by atoms with Gasteiger partial charge in [0.2, 0.25) is 0 Å². The highest BCUT2D eigenvalue weighted by Crippen LogP contribution is 2.25. The van der Waals surface area contributed by atoms with Crippen molar-refractivity contribution in [1.82, 2.24) is 0 Å². The molecule has 0 heterocycles. The Kier molecular flexibility index (Phi) is 6.27. The Hall–Kier alpha value is -1.82. The molecule has 0 saturated carbocycles. The molecule has 0 nitrogen and oxygen atoms in total. The molecule has 110 valence electrons. The third kappa shape index (κ3) is 4.32. The summed E-state index contributed by atoms with van der Waals surface area (Å²) in [7, 11) is 0. The lowest BCUT2D eigenvalue weighted by molar-refractivity contribution is 0.685. The fraction of sp³-hybridized carbons (Fsp3) is 0.333. The number of hydrogen-bond acceptors (Lipinski definition) is 0. The second kappa shape index (κ2) is 8.46. The van der Waals surface area contributed by atoms with Gasteiger partial charge in [-0.25, -0.2) is 0 Å². The number of rotatable bonds is 6. The van der Waals surface area contributed by atoms with Crippen molar-refractivity contribution in [2.24, 2.45) is 5.92 Å². The summed E-state index contributed by atoms with van der Waals surface area (Å²) in [6, 6.07) is 8.82. The number of fused-ring (bicyclic) bond motifs is 1. The zero-order chi connectivity index (χ0) is 14.9. The molecule has 0 aromatic heterocycles. The molecule has 1 aliphatic rings. The summed E-state index contributed by atoms with van der Waals surface area (Å²) in [6.45, 7) is 4.25. The molecule has 1 aromatic carbocycles. The van der Waals surface area contributed by atoms with Gasteiger partial charge >= 0.3 is 0 Å². The zero-order valence-corrected chi connectivity index (χ0v) is 13.3. The van der Waals surface area contributed by atoms with Crippen LogP contribution in [0, 0.1) is 5.92 Å². The van der Waals surface area contributed by atoms with Gasteiger partial charge in [0.05, 0.1) is 0 Å². The second-order valence-corrected chi connectivity index (χ2v) is 5.52. The Balaban J connectivity index is 2.32. The number of allylic oxidation sites excluding steroid dienone is 6. The molecule has 0 amide bonds. The molecule has 1 unspecified atom stereocenters. The number of benzene rings is 1. The van der Waals surface area contributed by atoms with Gasteiger partial charge in [-0.15, -0.1) is 0 Å². The van der Waals surface area contributed by atoms with E-state index >= 15 is 0 Å². The first kappa shape index (κ1) is 15.6. The minimum atomic E-state index is 0.651. The third-order valence-electron chi connectivity index (χ3n) is 4.02. The van der Waals surface area contributed by atoms with Crippen LogP contribution in [0.5, 0.6) is 0 Å². The van der Waals surface area contributed by atoms with E-state index in [2.05, 4.69) is 80.6 Å². The minimum Gasteiger partial charge on any atom is -0.0888 e. The monoisotopic (exact) mass is 278 g/mol. The van der Waals surface area contributed by atoms with Crippen molar-refractivity contribution in [2.45, 2.75) is 39.5 Å². The standard InChI is InChI=1S/C21H26/c1-3-5-7-9-14-20-18(12-8-6-4-2)16-17-19-13-10-11-15-21(19)20/h3,5-11,13,15,17-18H,4,12,14,16H2,1-2H3/b5-3-,8-6?,9-7-. The van der Waals surface area contributed by atoms with Crippen molar-refractivity contribution >= 4 is 11.6 Å². The zero-order valence-electron chi connectivity index (χ0n) is 13.3. The van der Waals surface area contributed by atoms with Gasteiger partial charge in [-0.1, -0.05) is 79.3 Å². The van der Waals surface area contributed by atoms with Crippen LogP contribution in [0.3, 0.4) is 0 Å². The fourth-order valence-electron chi connectivity index (χ4n) is 2.93. The molecule has 0 aliphatic heterocycles. The SMILES string of the molecule is C/C=C\C=C/CC1=c2ccccc2=CCC1CC=CCC. The smallest absolute Gasteiger partial charge is 0.0121 e. The first-order valence-corrected chi connectivity index (χ1v) is 8.08. The van der Waals surface area contributed by atoms with Crippen LogP contribution >= 0.6 is 0 Å². The summed E-state index contributed by atoms with van der Waals surface area (Å²) >= 11 is 0. The fourth-order valence-corrected chi connectivity index (χ4v) is 2.93. The van der Waals surface area contributed by atoms with Gasteiger partial charge in [-0.2, -0.15) is 0 Å². The van der Waals surface area contributed by atoms with Crippen molar-refractivity contribution < 1.29 is 0 Å². The van der Waals surface area contributed by atoms with E-state index in [4.69, 9.17) is 0 Å². The maximum Gasteiger partial charge on any atom is -0.0121 e. The predicted molar refractivity (Wildman–Crippen MR) is 94.3 cm³/mol. The molecule has 0 saturated heterocycles. The van der Waals surface area contributed by atoms with Gasteiger partial charge in [0, 0.05) is 0 Å². The predicted octanol–water partition coefficient (Wildman–Crippen LogP) is 4.52. The van der Waals surface area contributed by atoms with Gasteiger partial charge in [0.1, 0.15) is 0 Å². The van der Waals surface area contributed by atoms with Crippen LogP contribution in [0.15, 0.2) is 60.7 Å². The second-order valence-electron chi connectivity index (χ2n) is 5.52. The van der Waals surface area contributed by atoms with Crippen LogP contribution < -0.4 is 10.4 Å².